The van der Waals surface area contributed by atoms with Crippen LogP contribution in [0.2, 0.25) is 0 Å². The Hall–Kier alpha value is -2.31. The van der Waals surface area contributed by atoms with Gasteiger partial charge in [0.05, 0.1) is 6.61 Å². The Morgan fingerprint density at radius 2 is 1.92 bits per heavy atom. The van der Waals surface area contributed by atoms with E-state index < -0.39 is 17.6 Å². The first-order valence-corrected chi connectivity index (χ1v) is 8.22. The number of anilines is 2. The number of ether oxygens (including phenoxy) is 1. The van der Waals surface area contributed by atoms with Gasteiger partial charge in [0.15, 0.2) is 0 Å². The van der Waals surface area contributed by atoms with Crippen molar-refractivity contribution in [2.45, 2.75) is 39.8 Å². The Bertz CT molecular complexity index is 717. The van der Waals surface area contributed by atoms with Crippen molar-refractivity contribution in [1.82, 2.24) is 9.97 Å². The van der Waals surface area contributed by atoms with Gasteiger partial charge in [-0.3, -0.25) is 0 Å². The molecular weight excluding hydrogens is 331 g/mol. The van der Waals surface area contributed by atoms with Crippen molar-refractivity contribution >= 4 is 11.6 Å². The van der Waals surface area contributed by atoms with Crippen molar-refractivity contribution in [3.8, 4) is 5.88 Å². The van der Waals surface area contributed by atoms with Crippen LogP contribution in [-0.4, -0.2) is 23.1 Å². The SMILES string of the molecule is CCOc1nc(N(CC)c2cccc(C(C)C)c2)ncc1C(F)(F)F. The summed E-state index contributed by atoms with van der Waals surface area (Å²) in [6.07, 6.45) is -3.78. The molecule has 136 valence electrons. The second-order valence-electron chi connectivity index (χ2n) is 5.81. The largest absolute Gasteiger partial charge is 0.477 e. The van der Waals surface area contributed by atoms with Gasteiger partial charge in [-0.05, 0) is 37.5 Å². The molecule has 1 heterocycles. The molecule has 0 aliphatic rings. The van der Waals surface area contributed by atoms with E-state index in [1.807, 2.05) is 31.2 Å². The molecule has 0 aliphatic carbocycles. The molecule has 0 radical (unpaired) electrons. The van der Waals surface area contributed by atoms with E-state index in [4.69, 9.17) is 4.74 Å². The summed E-state index contributed by atoms with van der Waals surface area (Å²) in [4.78, 5) is 9.71. The number of benzene rings is 1. The van der Waals surface area contributed by atoms with Gasteiger partial charge < -0.3 is 9.64 Å². The van der Waals surface area contributed by atoms with Crippen LogP contribution in [-0.2, 0) is 6.18 Å². The van der Waals surface area contributed by atoms with Gasteiger partial charge in [0, 0.05) is 18.4 Å². The monoisotopic (exact) mass is 353 g/mol. The number of nitrogens with zero attached hydrogens (tertiary/aromatic N) is 3. The smallest absolute Gasteiger partial charge is 0.423 e. The molecule has 7 heteroatoms. The van der Waals surface area contributed by atoms with Crippen LogP contribution in [0.5, 0.6) is 5.88 Å². The topological polar surface area (TPSA) is 38.2 Å². The molecule has 0 aliphatic heterocycles. The third-order valence-corrected chi connectivity index (χ3v) is 3.73. The van der Waals surface area contributed by atoms with Crippen LogP contribution in [0.4, 0.5) is 24.8 Å². The fourth-order valence-electron chi connectivity index (χ4n) is 2.42. The highest BCUT2D eigenvalue weighted by Crippen LogP contribution is 2.36. The minimum atomic E-state index is -4.56. The summed E-state index contributed by atoms with van der Waals surface area (Å²) >= 11 is 0. The third kappa shape index (κ3) is 4.41. The third-order valence-electron chi connectivity index (χ3n) is 3.73. The van der Waals surface area contributed by atoms with E-state index in [1.165, 1.54) is 0 Å². The van der Waals surface area contributed by atoms with Crippen LogP contribution in [0.3, 0.4) is 0 Å². The summed E-state index contributed by atoms with van der Waals surface area (Å²) in [5.41, 5.74) is 0.994. The Labute approximate surface area is 145 Å². The van der Waals surface area contributed by atoms with Gasteiger partial charge in [-0.25, -0.2) is 4.98 Å². The van der Waals surface area contributed by atoms with E-state index in [-0.39, 0.29) is 12.6 Å². The molecule has 1 aromatic carbocycles. The molecule has 0 saturated heterocycles. The molecular formula is C18H22F3N3O. The predicted molar refractivity (Wildman–Crippen MR) is 91.4 cm³/mol. The van der Waals surface area contributed by atoms with Crippen molar-refractivity contribution in [3.63, 3.8) is 0 Å². The van der Waals surface area contributed by atoms with Gasteiger partial charge in [0.1, 0.15) is 5.56 Å². The van der Waals surface area contributed by atoms with Crippen LogP contribution < -0.4 is 9.64 Å². The summed E-state index contributed by atoms with van der Waals surface area (Å²) in [6.45, 7) is 8.27. The highest BCUT2D eigenvalue weighted by Gasteiger charge is 2.36. The molecule has 0 unspecified atom stereocenters. The maximum Gasteiger partial charge on any atom is 0.423 e. The van der Waals surface area contributed by atoms with E-state index in [0.29, 0.717) is 12.5 Å². The number of hydrogen-bond donors (Lipinski definition) is 0. The molecule has 2 rings (SSSR count). The molecule has 0 spiro atoms. The first-order chi connectivity index (χ1) is 11.8. The average Bonchev–Trinajstić information content (AvgIpc) is 2.55. The van der Waals surface area contributed by atoms with Crippen LogP contribution in [0.25, 0.3) is 0 Å². The van der Waals surface area contributed by atoms with E-state index in [2.05, 4.69) is 23.8 Å². The normalized spacial score (nSPS) is 11.7. The maximum atomic E-state index is 13.1. The van der Waals surface area contributed by atoms with Crippen LogP contribution >= 0.6 is 0 Å². The number of alkyl halides is 3. The zero-order valence-corrected chi connectivity index (χ0v) is 14.8. The van der Waals surface area contributed by atoms with Crippen molar-refractivity contribution in [1.29, 1.82) is 0 Å². The second kappa shape index (κ2) is 7.72. The lowest BCUT2D eigenvalue weighted by molar-refractivity contribution is -0.139. The molecule has 0 atom stereocenters. The number of rotatable bonds is 6. The van der Waals surface area contributed by atoms with Crippen LogP contribution in [0, 0.1) is 0 Å². The summed E-state index contributed by atoms with van der Waals surface area (Å²) in [7, 11) is 0. The summed E-state index contributed by atoms with van der Waals surface area (Å²) < 4.78 is 44.3. The molecule has 0 amide bonds. The van der Waals surface area contributed by atoms with Crippen molar-refractivity contribution < 1.29 is 17.9 Å². The zero-order chi connectivity index (χ0) is 18.6. The lowest BCUT2D eigenvalue weighted by atomic mass is 10.0. The number of halogens is 3. The summed E-state index contributed by atoms with van der Waals surface area (Å²) in [5.74, 6) is 0.0736. The van der Waals surface area contributed by atoms with E-state index in [0.717, 1.165) is 17.4 Å². The first kappa shape index (κ1) is 19.0. The van der Waals surface area contributed by atoms with Gasteiger partial charge in [-0.2, -0.15) is 18.2 Å². The number of hydrogen-bond acceptors (Lipinski definition) is 4. The number of aromatic nitrogens is 2. The summed E-state index contributed by atoms with van der Waals surface area (Å²) in [6, 6.07) is 7.81. The molecule has 0 fully saturated rings. The fraction of sp³-hybridized carbons (Fsp3) is 0.444. The van der Waals surface area contributed by atoms with Gasteiger partial charge in [-0.15, -0.1) is 0 Å². The quantitative estimate of drug-likeness (QED) is 0.718. The average molecular weight is 353 g/mol. The lowest BCUT2D eigenvalue weighted by Gasteiger charge is -2.23. The minimum Gasteiger partial charge on any atom is -0.477 e. The molecule has 0 N–H and O–H groups in total. The Morgan fingerprint density at radius 3 is 2.48 bits per heavy atom. The highest BCUT2D eigenvalue weighted by molar-refractivity contribution is 5.59. The van der Waals surface area contributed by atoms with Crippen molar-refractivity contribution in [2.75, 3.05) is 18.1 Å². The second-order valence-corrected chi connectivity index (χ2v) is 5.81. The first-order valence-electron chi connectivity index (χ1n) is 8.22. The Balaban J connectivity index is 2.47. The lowest BCUT2D eigenvalue weighted by Crippen LogP contribution is -2.21. The molecule has 4 nitrogen and oxygen atoms in total. The zero-order valence-electron chi connectivity index (χ0n) is 14.8. The molecule has 0 saturated carbocycles. The minimum absolute atomic E-state index is 0.0918. The molecule has 25 heavy (non-hydrogen) atoms. The van der Waals surface area contributed by atoms with Crippen molar-refractivity contribution in [2.24, 2.45) is 0 Å². The molecule has 2 aromatic rings. The van der Waals surface area contributed by atoms with Gasteiger partial charge in [0.2, 0.25) is 11.8 Å². The highest BCUT2D eigenvalue weighted by atomic mass is 19.4. The van der Waals surface area contributed by atoms with Crippen LogP contribution in [0.1, 0.15) is 44.7 Å². The molecule has 0 bridgehead atoms. The maximum absolute atomic E-state index is 13.1. The van der Waals surface area contributed by atoms with Gasteiger partial charge in [0.25, 0.3) is 0 Å². The Morgan fingerprint density at radius 1 is 1.20 bits per heavy atom. The van der Waals surface area contributed by atoms with E-state index in [1.54, 1.807) is 11.8 Å². The van der Waals surface area contributed by atoms with Gasteiger partial charge >= 0.3 is 6.18 Å². The van der Waals surface area contributed by atoms with Gasteiger partial charge in [-0.1, -0.05) is 26.0 Å². The summed E-state index contributed by atoms with van der Waals surface area (Å²) in [5, 5.41) is 0. The molecule has 1 aromatic heterocycles. The van der Waals surface area contributed by atoms with E-state index >= 15 is 0 Å². The predicted octanol–water partition coefficient (Wildman–Crippen LogP) is 5.18. The van der Waals surface area contributed by atoms with Crippen molar-refractivity contribution in [3.05, 3.63) is 41.6 Å². The van der Waals surface area contributed by atoms with Crippen LogP contribution in [0.15, 0.2) is 30.5 Å². The fourth-order valence-corrected chi connectivity index (χ4v) is 2.42. The Kier molecular flexibility index (Phi) is 5.87. The van der Waals surface area contributed by atoms with E-state index in [9.17, 15) is 13.2 Å². The standard InChI is InChI=1S/C18H22F3N3O/c1-5-24(14-9-7-8-13(10-14)12(3)4)17-22-11-15(18(19,20)21)16(23-17)25-6-2/h7-12H,5-6H2,1-4H3.